The second kappa shape index (κ2) is 3.70. The molecule has 0 fully saturated rings. The normalized spacial score (nSPS) is 10.9. The van der Waals surface area contributed by atoms with Crippen molar-refractivity contribution in [2.24, 2.45) is 0 Å². The summed E-state index contributed by atoms with van der Waals surface area (Å²) in [5.74, 6) is -0.222. The maximum absolute atomic E-state index is 12.9. The van der Waals surface area contributed by atoms with Gasteiger partial charge in [0.05, 0.1) is 11.4 Å². The van der Waals surface area contributed by atoms with Crippen LogP contribution in [0.15, 0.2) is 48.7 Å². The van der Waals surface area contributed by atoms with Gasteiger partial charge in [-0.25, -0.2) is 9.37 Å². The van der Waals surface area contributed by atoms with Crippen molar-refractivity contribution in [2.75, 3.05) is 0 Å². The Labute approximate surface area is 98.4 Å². The molecule has 0 aliphatic rings. The molecule has 1 aromatic carbocycles. The summed E-state index contributed by atoms with van der Waals surface area (Å²) >= 11 is 0. The molecule has 0 saturated carbocycles. The molecule has 0 amide bonds. The number of aromatic nitrogens is 2. The molecule has 3 rings (SSSR count). The second-order valence-electron chi connectivity index (χ2n) is 3.98. The van der Waals surface area contributed by atoms with Crippen LogP contribution in [0, 0.1) is 12.7 Å². The van der Waals surface area contributed by atoms with Crippen molar-refractivity contribution < 1.29 is 4.39 Å². The monoisotopic (exact) mass is 226 g/mol. The molecule has 2 aromatic heterocycles. The Morgan fingerprint density at radius 2 is 1.82 bits per heavy atom. The van der Waals surface area contributed by atoms with Gasteiger partial charge >= 0.3 is 0 Å². The number of nitrogens with zero attached hydrogens (tertiary/aromatic N) is 2. The molecule has 2 heterocycles. The Kier molecular flexibility index (Phi) is 2.18. The number of hydrogen-bond donors (Lipinski definition) is 0. The van der Waals surface area contributed by atoms with Gasteiger partial charge in [0.1, 0.15) is 11.5 Å². The third-order valence-corrected chi connectivity index (χ3v) is 2.82. The number of aryl methyl sites for hydroxylation is 1. The highest BCUT2D eigenvalue weighted by Gasteiger charge is 2.09. The molecule has 0 radical (unpaired) electrons. The maximum atomic E-state index is 12.9. The Hall–Kier alpha value is -2.16. The quantitative estimate of drug-likeness (QED) is 0.621. The standard InChI is InChI=1S/C14H11FN2/c1-10-14(11-5-7-12(15)8-6-11)17-9-3-2-4-13(17)16-10/h2-9H,1H3. The minimum Gasteiger partial charge on any atom is -0.299 e. The molecule has 0 aliphatic heterocycles. The molecule has 0 bridgehead atoms. The summed E-state index contributed by atoms with van der Waals surface area (Å²) in [5, 5.41) is 0. The summed E-state index contributed by atoms with van der Waals surface area (Å²) in [6, 6.07) is 12.4. The molecule has 3 heteroatoms. The van der Waals surface area contributed by atoms with E-state index in [0.717, 1.165) is 22.6 Å². The van der Waals surface area contributed by atoms with Crippen molar-refractivity contribution in [3.05, 3.63) is 60.2 Å². The number of rotatable bonds is 1. The SMILES string of the molecule is Cc1nc2ccccn2c1-c1ccc(F)cc1. The van der Waals surface area contributed by atoms with E-state index < -0.39 is 0 Å². The van der Waals surface area contributed by atoms with Gasteiger partial charge in [0.25, 0.3) is 0 Å². The number of halogens is 1. The Balaban J connectivity index is 2.29. The Morgan fingerprint density at radius 3 is 2.59 bits per heavy atom. The first-order chi connectivity index (χ1) is 8.25. The van der Waals surface area contributed by atoms with Crippen LogP contribution in [0.2, 0.25) is 0 Å². The van der Waals surface area contributed by atoms with Crippen LogP contribution in [-0.4, -0.2) is 9.38 Å². The zero-order valence-electron chi connectivity index (χ0n) is 9.39. The lowest BCUT2D eigenvalue weighted by Gasteiger charge is -2.02. The second-order valence-corrected chi connectivity index (χ2v) is 3.98. The highest BCUT2D eigenvalue weighted by Crippen LogP contribution is 2.24. The average Bonchev–Trinajstić information content (AvgIpc) is 2.66. The smallest absolute Gasteiger partial charge is 0.137 e. The van der Waals surface area contributed by atoms with Crippen LogP contribution >= 0.6 is 0 Å². The van der Waals surface area contributed by atoms with Crippen molar-refractivity contribution in [3.63, 3.8) is 0 Å². The lowest BCUT2D eigenvalue weighted by molar-refractivity contribution is 0.628. The van der Waals surface area contributed by atoms with E-state index in [1.165, 1.54) is 12.1 Å². The van der Waals surface area contributed by atoms with Gasteiger partial charge in [-0.3, -0.25) is 4.40 Å². The van der Waals surface area contributed by atoms with Gasteiger partial charge in [-0.1, -0.05) is 6.07 Å². The number of benzene rings is 1. The fourth-order valence-corrected chi connectivity index (χ4v) is 2.07. The molecule has 17 heavy (non-hydrogen) atoms. The van der Waals surface area contributed by atoms with E-state index in [1.54, 1.807) is 12.1 Å². The zero-order chi connectivity index (χ0) is 11.8. The first kappa shape index (κ1) is 10.0. The molecule has 0 saturated heterocycles. The minimum absolute atomic E-state index is 0.222. The summed E-state index contributed by atoms with van der Waals surface area (Å²) in [7, 11) is 0. The highest BCUT2D eigenvalue weighted by atomic mass is 19.1. The Bertz CT molecular complexity index is 668. The van der Waals surface area contributed by atoms with Gasteiger partial charge in [0.15, 0.2) is 0 Å². The van der Waals surface area contributed by atoms with Crippen LogP contribution in [0.1, 0.15) is 5.69 Å². The van der Waals surface area contributed by atoms with E-state index in [-0.39, 0.29) is 5.82 Å². The summed E-state index contributed by atoms with van der Waals surface area (Å²) in [5.41, 5.74) is 3.84. The number of pyridine rings is 1. The van der Waals surface area contributed by atoms with E-state index in [1.807, 2.05) is 35.7 Å². The minimum atomic E-state index is -0.222. The van der Waals surface area contributed by atoms with Crippen LogP contribution in [0.3, 0.4) is 0 Å². The summed E-state index contributed by atoms with van der Waals surface area (Å²) in [6.45, 7) is 1.96. The van der Waals surface area contributed by atoms with Gasteiger partial charge in [0, 0.05) is 11.8 Å². The lowest BCUT2D eigenvalue weighted by atomic mass is 10.1. The predicted octanol–water partition coefficient (Wildman–Crippen LogP) is 3.45. The third-order valence-electron chi connectivity index (χ3n) is 2.82. The lowest BCUT2D eigenvalue weighted by Crippen LogP contribution is -1.88. The van der Waals surface area contributed by atoms with E-state index in [4.69, 9.17) is 0 Å². The molecular formula is C14H11FN2. The molecule has 0 unspecified atom stereocenters. The van der Waals surface area contributed by atoms with E-state index >= 15 is 0 Å². The van der Waals surface area contributed by atoms with Crippen molar-refractivity contribution in [3.8, 4) is 11.3 Å². The summed E-state index contributed by atoms with van der Waals surface area (Å²) in [6.07, 6.45) is 1.97. The van der Waals surface area contributed by atoms with Crippen LogP contribution < -0.4 is 0 Å². The van der Waals surface area contributed by atoms with Crippen LogP contribution in [0.4, 0.5) is 4.39 Å². The fraction of sp³-hybridized carbons (Fsp3) is 0.0714. The number of hydrogen-bond acceptors (Lipinski definition) is 1. The Morgan fingerprint density at radius 1 is 1.06 bits per heavy atom. The molecular weight excluding hydrogens is 215 g/mol. The highest BCUT2D eigenvalue weighted by molar-refractivity contribution is 5.66. The molecule has 0 atom stereocenters. The van der Waals surface area contributed by atoms with Gasteiger partial charge in [-0.2, -0.15) is 0 Å². The maximum Gasteiger partial charge on any atom is 0.137 e. The molecule has 0 aliphatic carbocycles. The third kappa shape index (κ3) is 1.60. The average molecular weight is 226 g/mol. The van der Waals surface area contributed by atoms with Crippen molar-refractivity contribution in [1.82, 2.24) is 9.38 Å². The molecule has 0 N–H and O–H groups in total. The van der Waals surface area contributed by atoms with Crippen LogP contribution in [0.5, 0.6) is 0 Å². The molecule has 2 nitrogen and oxygen atoms in total. The number of imidazole rings is 1. The van der Waals surface area contributed by atoms with Crippen LogP contribution in [-0.2, 0) is 0 Å². The van der Waals surface area contributed by atoms with Crippen molar-refractivity contribution in [2.45, 2.75) is 6.92 Å². The van der Waals surface area contributed by atoms with Crippen molar-refractivity contribution in [1.29, 1.82) is 0 Å². The molecule has 3 aromatic rings. The molecule has 0 spiro atoms. The van der Waals surface area contributed by atoms with E-state index in [2.05, 4.69) is 4.98 Å². The van der Waals surface area contributed by atoms with Gasteiger partial charge in [-0.15, -0.1) is 0 Å². The fourth-order valence-electron chi connectivity index (χ4n) is 2.07. The number of fused-ring (bicyclic) bond motifs is 1. The summed E-state index contributed by atoms with van der Waals surface area (Å²) in [4.78, 5) is 4.48. The van der Waals surface area contributed by atoms with Crippen LogP contribution in [0.25, 0.3) is 16.9 Å². The van der Waals surface area contributed by atoms with E-state index in [0.29, 0.717) is 0 Å². The van der Waals surface area contributed by atoms with E-state index in [9.17, 15) is 4.39 Å². The van der Waals surface area contributed by atoms with Gasteiger partial charge in [0.2, 0.25) is 0 Å². The predicted molar refractivity (Wildman–Crippen MR) is 65.3 cm³/mol. The first-order valence-corrected chi connectivity index (χ1v) is 5.45. The zero-order valence-corrected chi connectivity index (χ0v) is 9.39. The first-order valence-electron chi connectivity index (χ1n) is 5.45. The topological polar surface area (TPSA) is 17.3 Å². The van der Waals surface area contributed by atoms with Gasteiger partial charge in [-0.05, 0) is 43.3 Å². The molecule has 84 valence electrons. The van der Waals surface area contributed by atoms with Crippen molar-refractivity contribution >= 4 is 5.65 Å². The largest absolute Gasteiger partial charge is 0.299 e. The van der Waals surface area contributed by atoms with Gasteiger partial charge < -0.3 is 0 Å². The summed E-state index contributed by atoms with van der Waals surface area (Å²) < 4.78 is 14.9.